The van der Waals surface area contributed by atoms with Crippen LogP contribution in [0.2, 0.25) is 0 Å². The minimum Gasteiger partial charge on any atom is -0.449 e. The van der Waals surface area contributed by atoms with Gasteiger partial charge >= 0.3 is 6.16 Å². The average molecular weight is 391 g/mol. The molecule has 1 aliphatic heterocycles. The van der Waals surface area contributed by atoms with Crippen LogP contribution in [-0.4, -0.2) is 27.4 Å². The summed E-state index contributed by atoms with van der Waals surface area (Å²) in [5, 5.41) is 10.2. The molecule has 0 amide bonds. The number of rotatable bonds is 4. The Bertz CT molecular complexity index is 1110. The predicted octanol–water partition coefficient (Wildman–Crippen LogP) is 4.68. The van der Waals surface area contributed by atoms with Crippen LogP contribution in [0.3, 0.4) is 0 Å². The number of nitrogens with zero attached hydrogens (tertiary/aromatic N) is 3. The number of pyridine rings is 1. The number of hydrogen-bond acceptors (Lipinski definition) is 4. The minimum atomic E-state index is -1.33. The molecule has 2 aromatic heterocycles. The van der Waals surface area contributed by atoms with E-state index in [1.54, 1.807) is 6.07 Å². The van der Waals surface area contributed by atoms with Crippen LogP contribution in [0, 0.1) is 19.8 Å². The van der Waals surface area contributed by atoms with Crippen molar-refractivity contribution in [1.82, 2.24) is 9.55 Å². The molecule has 5 rings (SSSR count). The van der Waals surface area contributed by atoms with Crippen molar-refractivity contribution in [2.24, 2.45) is 5.92 Å². The summed E-state index contributed by atoms with van der Waals surface area (Å²) in [5.74, 6) is 1.70. The first kappa shape index (κ1) is 18.0. The largest absolute Gasteiger partial charge is 0.512 e. The zero-order valence-corrected chi connectivity index (χ0v) is 16.8. The van der Waals surface area contributed by atoms with Gasteiger partial charge in [-0.05, 0) is 55.7 Å². The van der Waals surface area contributed by atoms with Crippen LogP contribution in [-0.2, 0) is 19.5 Å². The fourth-order valence-corrected chi connectivity index (χ4v) is 4.44. The first-order valence-corrected chi connectivity index (χ1v) is 10.2. The van der Waals surface area contributed by atoms with Crippen molar-refractivity contribution in [2.45, 2.75) is 46.2 Å². The third-order valence-corrected chi connectivity index (χ3v) is 6.33. The highest BCUT2D eigenvalue weighted by Crippen LogP contribution is 2.39. The molecule has 0 saturated heterocycles. The fourth-order valence-electron chi connectivity index (χ4n) is 4.44. The van der Waals surface area contributed by atoms with Crippen molar-refractivity contribution in [1.29, 1.82) is 0 Å². The second-order valence-electron chi connectivity index (χ2n) is 8.25. The highest BCUT2D eigenvalue weighted by atomic mass is 16.7. The highest BCUT2D eigenvalue weighted by Gasteiger charge is 2.28. The molecule has 1 N–H and O–H groups in total. The second-order valence-corrected chi connectivity index (χ2v) is 8.25. The van der Waals surface area contributed by atoms with E-state index in [1.807, 2.05) is 0 Å². The SMILES string of the molecule is Cc1c(C)n(CC2CC2)c2c(N3CCc4ccccc4C3)nc(OC(=O)O)cc12. The van der Waals surface area contributed by atoms with Crippen LogP contribution >= 0.6 is 0 Å². The highest BCUT2D eigenvalue weighted by molar-refractivity contribution is 5.95. The standard InChI is InChI=1S/C23H25N3O3/c1-14-15(2)26(12-16-7-8-16)21-19(14)11-20(29-23(27)28)24-22(21)25-10-9-17-5-3-4-6-18(17)13-25/h3-6,11,16H,7-10,12-13H2,1-2H3,(H,27,28). The van der Waals surface area contributed by atoms with E-state index in [1.165, 1.54) is 29.7 Å². The van der Waals surface area contributed by atoms with Gasteiger partial charge in [-0.15, -0.1) is 0 Å². The number of carboxylic acid groups (broad SMARTS) is 1. The molecular weight excluding hydrogens is 366 g/mol. The molecule has 6 heteroatoms. The molecule has 1 aliphatic carbocycles. The van der Waals surface area contributed by atoms with Crippen molar-refractivity contribution in [2.75, 3.05) is 11.4 Å². The van der Waals surface area contributed by atoms with Gasteiger partial charge in [0.2, 0.25) is 5.88 Å². The Morgan fingerprint density at radius 1 is 1.24 bits per heavy atom. The van der Waals surface area contributed by atoms with Crippen LogP contribution in [0.15, 0.2) is 30.3 Å². The lowest BCUT2D eigenvalue weighted by molar-refractivity contribution is 0.142. The Labute approximate surface area is 169 Å². The molecule has 2 aliphatic rings. The average Bonchev–Trinajstić information content (AvgIpc) is 3.50. The fraction of sp³-hybridized carbons (Fsp3) is 0.391. The number of hydrogen-bond donors (Lipinski definition) is 1. The zero-order valence-electron chi connectivity index (χ0n) is 16.8. The number of ether oxygens (including phenoxy) is 1. The van der Waals surface area contributed by atoms with E-state index >= 15 is 0 Å². The van der Waals surface area contributed by atoms with Gasteiger partial charge in [0.15, 0.2) is 5.82 Å². The summed E-state index contributed by atoms with van der Waals surface area (Å²) in [6.07, 6.45) is 2.17. The van der Waals surface area contributed by atoms with Crippen LogP contribution in [0.1, 0.15) is 35.2 Å². The van der Waals surface area contributed by atoms with Crippen LogP contribution in [0.25, 0.3) is 10.9 Å². The van der Waals surface area contributed by atoms with Gasteiger partial charge in [0.25, 0.3) is 0 Å². The van der Waals surface area contributed by atoms with Gasteiger partial charge in [0, 0.05) is 36.8 Å². The van der Waals surface area contributed by atoms with E-state index in [9.17, 15) is 4.79 Å². The van der Waals surface area contributed by atoms with Crippen molar-refractivity contribution in [3.63, 3.8) is 0 Å². The van der Waals surface area contributed by atoms with E-state index in [0.717, 1.165) is 54.3 Å². The molecule has 1 saturated carbocycles. The maximum absolute atomic E-state index is 11.2. The number of fused-ring (bicyclic) bond motifs is 2. The Morgan fingerprint density at radius 3 is 2.72 bits per heavy atom. The molecule has 1 fully saturated rings. The monoisotopic (exact) mass is 391 g/mol. The number of carbonyl (C=O) groups is 1. The zero-order chi connectivity index (χ0) is 20.1. The van der Waals surface area contributed by atoms with Gasteiger partial charge in [-0.2, -0.15) is 4.98 Å². The molecule has 0 atom stereocenters. The van der Waals surface area contributed by atoms with Gasteiger partial charge in [-0.3, -0.25) is 0 Å². The van der Waals surface area contributed by atoms with Crippen molar-refractivity contribution < 1.29 is 14.6 Å². The van der Waals surface area contributed by atoms with Gasteiger partial charge in [-0.25, -0.2) is 4.79 Å². The van der Waals surface area contributed by atoms with E-state index in [0.29, 0.717) is 0 Å². The lowest BCUT2D eigenvalue weighted by Crippen LogP contribution is -2.31. The number of benzene rings is 1. The summed E-state index contributed by atoms with van der Waals surface area (Å²) < 4.78 is 7.38. The molecule has 6 nitrogen and oxygen atoms in total. The minimum absolute atomic E-state index is 0.144. The Kier molecular flexibility index (Phi) is 4.23. The maximum Gasteiger partial charge on any atom is 0.512 e. The van der Waals surface area contributed by atoms with Crippen LogP contribution in [0.5, 0.6) is 5.88 Å². The topological polar surface area (TPSA) is 67.6 Å². The molecule has 0 spiro atoms. The van der Waals surface area contributed by atoms with Crippen LogP contribution in [0.4, 0.5) is 10.6 Å². The predicted molar refractivity (Wildman–Crippen MR) is 112 cm³/mol. The lowest BCUT2D eigenvalue weighted by atomic mass is 10.00. The molecule has 29 heavy (non-hydrogen) atoms. The normalized spacial score (nSPS) is 16.1. The molecule has 3 aromatic rings. The Hall–Kier alpha value is -3.02. The quantitative estimate of drug-likeness (QED) is 0.654. The summed E-state index contributed by atoms with van der Waals surface area (Å²) in [6, 6.07) is 10.3. The number of anilines is 1. The molecule has 0 radical (unpaired) electrons. The van der Waals surface area contributed by atoms with E-state index in [2.05, 4.69) is 52.6 Å². The smallest absolute Gasteiger partial charge is 0.449 e. The van der Waals surface area contributed by atoms with E-state index in [4.69, 9.17) is 9.84 Å². The van der Waals surface area contributed by atoms with Gasteiger partial charge in [0.1, 0.15) is 0 Å². The Morgan fingerprint density at radius 2 is 2.00 bits per heavy atom. The third kappa shape index (κ3) is 3.22. The molecule has 0 bridgehead atoms. The molecule has 0 unspecified atom stereocenters. The van der Waals surface area contributed by atoms with Gasteiger partial charge in [0.05, 0.1) is 5.52 Å². The maximum atomic E-state index is 11.2. The third-order valence-electron chi connectivity index (χ3n) is 6.33. The first-order chi connectivity index (χ1) is 14.0. The number of aromatic nitrogens is 2. The summed E-state index contributed by atoms with van der Waals surface area (Å²) in [4.78, 5) is 18.1. The summed E-state index contributed by atoms with van der Waals surface area (Å²) in [6.45, 7) is 6.85. The molecule has 3 heterocycles. The van der Waals surface area contributed by atoms with E-state index in [-0.39, 0.29) is 5.88 Å². The first-order valence-electron chi connectivity index (χ1n) is 10.2. The van der Waals surface area contributed by atoms with Crippen LogP contribution < -0.4 is 9.64 Å². The molecule has 1 aromatic carbocycles. The van der Waals surface area contributed by atoms with Crippen molar-refractivity contribution in [3.8, 4) is 5.88 Å². The van der Waals surface area contributed by atoms with Gasteiger partial charge < -0.3 is 19.3 Å². The van der Waals surface area contributed by atoms with Gasteiger partial charge in [-0.1, -0.05) is 24.3 Å². The van der Waals surface area contributed by atoms with E-state index < -0.39 is 6.16 Å². The summed E-state index contributed by atoms with van der Waals surface area (Å²) in [5.41, 5.74) is 6.16. The second kappa shape index (κ2) is 6.79. The summed E-state index contributed by atoms with van der Waals surface area (Å²) >= 11 is 0. The van der Waals surface area contributed by atoms with Crippen molar-refractivity contribution in [3.05, 3.63) is 52.7 Å². The molecule has 150 valence electrons. The molecular formula is C23H25N3O3. The number of aryl methyl sites for hydroxylation is 1. The summed E-state index contributed by atoms with van der Waals surface area (Å²) in [7, 11) is 0. The Balaban J connectivity index is 1.67. The lowest BCUT2D eigenvalue weighted by Gasteiger charge is -2.31. The van der Waals surface area contributed by atoms with Crippen molar-refractivity contribution >= 4 is 22.9 Å².